The third-order valence-corrected chi connectivity index (χ3v) is 6.15. The van der Waals surface area contributed by atoms with E-state index in [0.717, 1.165) is 23.6 Å². The zero-order valence-electron chi connectivity index (χ0n) is 17.6. The quantitative estimate of drug-likeness (QED) is 0.695. The van der Waals surface area contributed by atoms with Gasteiger partial charge in [-0.3, -0.25) is 9.69 Å². The lowest BCUT2D eigenvalue weighted by molar-refractivity contribution is -0.146. The molecular weight excluding hydrogens is 384 g/mol. The first-order valence-corrected chi connectivity index (χ1v) is 10.4. The number of likely N-dealkylation sites (tertiary alicyclic amines) is 1. The highest BCUT2D eigenvalue weighted by Crippen LogP contribution is 2.36. The summed E-state index contributed by atoms with van der Waals surface area (Å²) in [7, 11) is 3.62. The maximum atomic E-state index is 13.4. The Hall–Kier alpha value is -2.42. The molecular formula is C22H30N4O4. The fourth-order valence-electron chi connectivity index (χ4n) is 4.38. The molecule has 0 unspecified atom stereocenters. The first-order valence-electron chi connectivity index (χ1n) is 10.4. The van der Waals surface area contributed by atoms with Crippen molar-refractivity contribution >= 4 is 5.91 Å². The molecule has 0 radical (unpaired) electrons. The first kappa shape index (κ1) is 20.8. The fraction of sp³-hybridized carbons (Fsp3) is 0.545. The van der Waals surface area contributed by atoms with E-state index in [2.05, 4.69) is 15.2 Å². The third kappa shape index (κ3) is 4.35. The van der Waals surface area contributed by atoms with Crippen molar-refractivity contribution in [2.45, 2.75) is 31.5 Å². The maximum Gasteiger partial charge on any atom is 0.229 e. The lowest BCUT2D eigenvalue weighted by Gasteiger charge is -2.49. The van der Waals surface area contributed by atoms with Crippen LogP contribution in [0.1, 0.15) is 17.7 Å². The highest BCUT2D eigenvalue weighted by atomic mass is 16.5. The molecule has 1 aromatic carbocycles. The van der Waals surface area contributed by atoms with Crippen molar-refractivity contribution in [3.8, 4) is 5.75 Å². The number of rotatable bonds is 7. The van der Waals surface area contributed by atoms with E-state index in [0.29, 0.717) is 39.1 Å². The average molecular weight is 415 g/mol. The molecule has 2 fully saturated rings. The number of imidazole rings is 1. The van der Waals surface area contributed by atoms with Crippen molar-refractivity contribution < 1.29 is 19.4 Å². The van der Waals surface area contributed by atoms with Crippen LogP contribution >= 0.6 is 0 Å². The van der Waals surface area contributed by atoms with E-state index in [1.807, 2.05) is 42.1 Å². The van der Waals surface area contributed by atoms with Crippen LogP contribution in [0.5, 0.6) is 5.75 Å². The zero-order chi connectivity index (χ0) is 21.1. The molecule has 8 nitrogen and oxygen atoms in total. The van der Waals surface area contributed by atoms with Crippen LogP contribution in [0, 0.1) is 5.41 Å². The number of ether oxygens (including phenoxy) is 2. The number of benzene rings is 1. The maximum absolute atomic E-state index is 13.4. The number of amides is 1. The Morgan fingerprint density at radius 1 is 1.43 bits per heavy atom. The Labute approximate surface area is 176 Å². The van der Waals surface area contributed by atoms with Crippen molar-refractivity contribution in [1.82, 2.24) is 19.8 Å². The molecule has 0 saturated carbocycles. The predicted molar refractivity (Wildman–Crippen MR) is 111 cm³/mol. The van der Waals surface area contributed by atoms with E-state index in [1.54, 1.807) is 13.4 Å². The number of nitrogens with zero attached hydrogens (tertiary/aromatic N) is 3. The van der Waals surface area contributed by atoms with Gasteiger partial charge in [0.1, 0.15) is 5.75 Å². The van der Waals surface area contributed by atoms with Crippen LogP contribution in [0.25, 0.3) is 0 Å². The topological polar surface area (TPSA) is 88.8 Å². The van der Waals surface area contributed by atoms with Crippen molar-refractivity contribution in [3.63, 3.8) is 0 Å². The van der Waals surface area contributed by atoms with Crippen molar-refractivity contribution in [2.75, 3.05) is 33.4 Å². The average Bonchev–Trinajstić information content (AvgIpc) is 3.12. The largest absolute Gasteiger partial charge is 0.497 e. The van der Waals surface area contributed by atoms with Gasteiger partial charge in [0.05, 0.1) is 43.3 Å². The summed E-state index contributed by atoms with van der Waals surface area (Å²) in [6, 6.07) is 7.50. The number of carbonyl (C=O) groups is 1. The normalized spacial score (nSPS) is 23.6. The molecule has 0 spiro atoms. The minimum Gasteiger partial charge on any atom is -0.497 e. The van der Waals surface area contributed by atoms with Gasteiger partial charge in [-0.2, -0.15) is 0 Å². The van der Waals surface area contributed by atoms with Gasteiger partial charge in [0.15, 0.2) is 0 Å². The first-order chi connectivity index (χ1) is 14.5. The minimum absolute atomic E-state index is 0.0267. The number of aryl methyl sites for hydroxylation is 1. The Bertz CT molecular complexity index is 878. The number of hydrogen-bond acceptors (Lipinski definition) is 6. The lowest BCUT2D eigenvalue weighted by atomic mass is 9.73. The molecule has 2 N–H and O–H groups in total. The molecule has 30 heavy (non-hydrogen) atoms. The summed E-state index contributed by atoms with van der Waals surface area (Å²) in [6.07, 6.45) is 4.23. The summed E-state index contributed by atoms with van der Waals surface area (Å²) in [5, 5.41) is 13.3. The molecule has 1 aromatic heterocycles. The summed E-state index contributed by atoms with van der Waals surface area (Å²) >= 11 is 0. The molecule has 1 amide bonds. The summed E-state index contributed by atoms with van der Waals surface area (Å²) < 4.78 is 12.8. The number of aromatic nitrogens is 2. The number of carbonyl (C=O) groups excluding carboxylic acids is 1. The Balaban J connectivity index is 1.49. The standard InChI is InChI=1S/C22H30N4O4/c1-25-15-23-10-17(25)11-26-13-22(14-26,9-16-4-3-5-18(8-16)29-2)21(28)24-19-12-30-7-6-20(19)27/h3-5,8,10,15,19-20,27H,6-7,9,11-14H2,1-2H3,(H,24,28)/t19-,20-/m1/s1. The molecule has 2 saturated heterocycles. The second-order valence-corrected chi connectivity index (χ2v) is 8.46. The van der Waals surface area contributed by atoms with Gasteiger partial charge in [-0.15, -0.1) is 0 Å². The number of aliphatic hydroxyl groups is 1. The van der Waals surface area contributed by atoms with E-state index in [9.17, 15) is 9.90 Å². The summed E-state index contributed by atoms with van der Waals surface area (Å²) in [5.74, 6) is 0.756. The van der Waals surface area contributed by atoms with E-state index in [4.69, 9.17) is 9.47 Å². The highest BCUT2D eigenvalue weighted by molar-refractivity contribution is 5.85. The van der Waals surface area contributed by atoms with Crippen LogP contribution in [-0.2, 0) is 29.5 Å². The molecule has 162 valence electrons. The lowest BCUT2D eigenvalue weighted by Crippen LogP contribution is -2.66. The Morgan fingerprint density at radius 2 is 2.27 bits per heavy atom. The van der Waals surface area contributed by atoms with E-state index >= 15 is 0 Å². The summed E-state index contributed by atoms with van der Waals surface area (Å²) in [6.45, 7) is 2.91. The zero-order valence-corrected chi connectivity index (χ0v) is 17.6. The molecule has 8 heteroatoms. The predicted octanol–water partition coefficient (Wildman–Crippen LogP) is 0.739. The molecule has 4 rings (SSSR count). The third-order valence-electron chi connectivity index (χ3n) is 6.15. The van der Waals surface area contributed by atoms with Crippen LogP contribution in [0.2, 0.25) is 0 Å². The summed E-state index contributed by atoms with van der Waals surface area (Å²) in [4.78, 5) is 19.8. The van der Waals surface area contributed by atoms with Crippen LogP contribution in [0.15, 0.2) is 36.8 Å². The van der Waals surface area contributed by atoms with E-state index in [-0.39, 0.29) is 11.9 Å². The van der Waals surface area contributed by atoms with Gasteiger partial charge in [-0.25, -0.2) is 4.98 Å². The monoisotopic (exact) mass is 414 g/mol. The Kier molecular flexibility index (Phi) is 6.08. The molecule has 0 aliphatic carbocycles. The second kappa shape index (κ2) is 8.75. The van der Waals surface area contributed by atoms with Crippen molar-refractivity contribution in [3.05, 3.63) is 48.0 Å². The summed E-state index contributed by atoms with van der Waals surface area (Å²) in [5.41, 5.74) is 1.62. The second-order valence-electron chi connectivity index (χ2n) is 8.46. The van der Waals surface area contributed by atoms with Gasteiger partial charge in [0, 0.05) is 39.5 Å². The smallest absolute Gasteiger partial charge is 0.229 e. The van der Waals surface area contributed by atoms with Crippen LogP contribution in [-0.4, -0.2) is 71.0 Å². The van der Waals surface area contributed by atoms with E-state index in [1.165, 1.54) is 0 Å². The molecule has 2 aliphatic rings. The van der Waals surface area contributed by atoms with E-state index < -0.39 is 11.5 Å². The van der Waals surface area contributed by atoms with Gasteiger partial charge in [-0.05, 0) is 30.5 Å². The Morgan fingerprint density at radius 3 is 2.97 bits per heavy atom. The number of methoxy groups -OCH3 is 1. The number of hydrogen-bond donors (Lipinski definition) is 2. The number of nitrogens with one attached hydrogen (secondary N) is 1. The van der Waals surface area contributed by atoms with Crippen LogP contribution in [0.4, 0.5) is 0 Å². The van der Waals surface area contributed by atoms with Gasteiger partial charge in [0.2, 0.25) is 5.91 Å². The van der Waals surface area contributed by atoms with Gasteiger partial charge in [-0.1, -0.05) is 12.1 Å². The molecule has 3 heterocycles. The highest BCUT2D eigenvalue weighted by Gasteiger charge is 2.50. The van der Waals surface area contributed by atoms with Crippen LogP contribution < -0.4 is 10.1 Å². The van der Waals surface area contributed by atoms with Gasteiger partial charge in [0.25, 0.3) is 0 Å². The number of aliphatic hydroxyl groups excluding tert-OH is 1. The van der Waals surface area contributed by atoms with Crippen LogP contribution in [0.3, 0.4) is 0 Å². The van der Waals surface area contributed by atoms with Gasteiger partial charge >= 0.3 is 0 Å². The molecule has 2 atom stereocenters. The molecule has 2 aliphatic heterocycles. The molecule has 2 aromatic rings. The molecule has 0 bridgehead atoms. The SMILES string of the molecule is COc1cccc(CC2(C(=O)N[C@@H]3COCC[C@H]3O)CN(Cc3cncn3C)C2)c1. The van der Waals surface area contributed by atoms with Crippen molar-refractivity contribution in [2.24, 2.45) is 12.5 Å². The van der Waals surface area contributed by atoms with Crippen molar-refractivity contribution in [1.29, 1.82) is 0 Å². The fourth-order valence-corrected chi connectivity index (χ4v) is 4.38. The van der Waals surface area contributed by atoms with Gasteiger partial charge < -0.3 is 24.5 Å². The minimum atomic E-state index is -0.567.